The molecule has 0 bridgehead atoms. The van der Waals surface area contributed by atoms with Crippen molar-refractivity contribution in [3.8, 4) is 35.8 Å². The lowest BCUT2D eigenvalue weighted by atomic mass is 9.57. The predicted octanol–water partition coefficient (Wildman–Crippen LogP) is 19.4. The van der Waals surface area contributed by atoms with Crippen molar-refractivity contribution in [3.05, 3.63) is 142 Å². The molecule has 3 fully saturated rings. The number of phosphoric ester groups is 1. The molecule has 143 heavy (non-hydrogen) atoms. The average molecular weight is 2010 g/mol. The number of hydrogen-bond acceptors (Lipinski definition) is 28. The Morgan fingerprint density at radius 2 is 0.573 bits per heavy atom. The number of nitrogens with one attached hydrogen (secondary N) is 3. The van der Waals surface area contributed by atoms with E-state index in [0.29, 0.717) is 73.0 Å². The van der Waals surface area contributed by atoms with Gasteiger partial charge in [-0.3, -0.25) is 42.3 Å². The van der Waals surface area contributed by atoms with E-state index in [1.807, 2.05) is 208 Å². The number of phosphoric acid groups is 1. The third kappa shape index (κ3) is 24.9. The number of ether oxygens (including phenoxy) is 9. The van der Waals surface area contributed by atoms with Crippen molar-refractivity contribution in [2.75, 3.05) is 59.5 Å². The molecule has 3 N–H and O–H groups in total. The van der Waals surface area contributed by atoms with Gasteiger partial charge in [0.15, 0.2) is 36.2 Å². The lowest BCUT2D eigenvalue weighted by molar-refractivity contribution is -0.179. The summed E-state index contributed by atoms with van der Waals surface area (Å²) in [6, 6.07) is 24.1. The fraction of sp³-hybridized carbons (Fsp3) is 0.667. The number of hydrogen-bond donors (Lipinski definition) is 3. The van der Waals surface area contributed by atoms with Crippen LogP contribution < -0.4 is 30.2 Å². The maximum absolute atomic E-state index is 19.9. The summed E-state index contributed by atoms with van der Waals surface area (Å²) < 4.78 is 117. The zero-order valence-electron chi connectivity index (χ0n) is 90.5. The summed E-state index contributed by atoms with van der Waals surface area (Å²) in [6.07, 6.45) is -8.91. The van der Waals surface area contributed by atoms with Gasteiger partial charge in [0.1, 0.15) is 55.7 Å². The highest BCUT2D eigenvalue weighted by Crippen LogP contribution is 2.70. The second kappa shape index (κ2) is 47.6. The summed E-state index contributed by atoms with van der Waals surface area (Å²) in [5, 5.41) is 52.9. The maximum Gasteiger partial charge on any atom is 0.475 e. The third-order valence-electron chi connectivity index (χ3n) is 28.2. The monoisotopic (exact) mass is 2010 g/mol. The van der Waals surface area contributed by atoms with Gasteiger partial charge in [0.25, 0.3) is 17.6 Å². The topological polar surface area (TPSA) is 426 Å². The van der Waals surface area contributed by atoms with Crippen LogP contribution in [-0.4, -0.2) is 197 Å². The van der Waals surface area contributed by atoms with Crippen LogP contribution in [0.3, 0.4) is 0 Å². The Morgan fingerprint density at radius 1 is 0.371 bits per heavy atom. The molecule has 3 aromatic heterocycles. The van der Waals surface area contributed by atoms with E-state index >= 15 is 33.3 Å². The van der Waals surface area contributed by atoms with E-state index < -0.39 is 221 Å². The minimum absolute atomic E-state index is 0.00320. The largest absolute Gasteiger partial charge is 0.475 e. The molecular formula is C108H159N12O22P. The molecule has 9 rings (SSSR count). The van der Waals surface area contributed by atoms with Crippen LogP contribution in [-0.2, 0) is 75.3 Å². The highest BCUT2D eigenvalue weighted by Gasteiger charge is 2.76. The quantitative estimate of drug-likeness (QED) is 0.0236. The van der Waals surface area contributed by atoms with Crippen LogP contribution in [0.1, 0.15) is 334 Å². The van der Waals surface area contributed by atoms with Crippen LogP contribution in [0, 0.1) is 84.2 Å². The standard InChI is InChI=1S/C108H159N12O22P/c1-34-128-88(129-35-2)61-134-85-55-79(137-115-85)91(64(7)8)97(124)118-76(94(121)112-67(13)73-46-40-70(58-109)41-47-73)52-82(106(118,100(16,17)18)101(19,20)21)140-143(127,141-83-53-77(95(122)113-68(14)74-48-42-71(59-110)43-49-74)119(107(83,102(22,23)24)103(25,26)27)98(125)92(65(9)10)80-56-86(116-138-80)135-62-89(130-36-3)131-37-4)142-84-54-78(96(123)114-69(15)75-50-44-72(60-111)45-51-75)120(108(84,104(28,29)30)105(31,32)33)99(126)93(66(11)12)81-57-87(117-139-81)136-63-90(132-38-5)133-39-6/h40-51,55-57,64-69,76-78,82-84,88-93H,34-39,52-54,61-63H2,1-33H3,(H,112,121)(H,113,122)(H,114,123)/t67-,68-,69-,76-,77-,78-,82+,83+,84+,91+,92+,93+/m0/s1. The lowest BCUT2D eigenvalue weighted by Crippen LogP contribution is -2.71. The molecule has 35 heteroatoms. The highest BCUT2D eigenvalue weighted by atomic mass is 31.2. The minimum Gasteiger partial charge on any atom is -0.470 e. The Labute approximate surface area is 846 Å². The first-order valence-electron chi connectivity index (χ1n) is 50.4. The molecular weight excluding hydrogens is 1850 g/mol. The van der Waals surface area contributed by atoms with Crippen LogP contribution in [0.4, 0.5) is 0 Å². The fourth-order valence-corrected chi connectivity index (χ4v) is 25.3. The summed E-state index contributed by atoms with van der Waals surface area (Å²) in [7, 11) is -6.07. The summed E-state index contributed by atoms with van der Waals surface area (Å²) in [4.78, 5) is 108. The number of aromatic nitrogens is 3. The van der Waals surface area contributed by atoms with Crippen molar-refractivity contribution in [2.45, 2.75) is 356 Å². The molecule has 6 aromatic rings. The van der Waals surface area contributed by atoms with Gasteiger partial charge in [0.2, 0.25) is 35.4 Å². The van der Waals surface area contributed by atoms with Gasteiger partial charge in [-0.25, -0.2) is 4.57 Å². The van der Waals surface area contributed by atoms with Gasteiger partial charge < -0.3 is 86.9 Å². The smallest absolute Gasteiger partial charge is 0.470 e. The lowest BCUT2D eigenvalue weighted by Gasteiger charge is -2.61. The number of nitriles is 3. The molecule has 6 heterocycles. The molecule has 3 aliphatic rings. The Kier molecular flexibility index (Phi) is 38.7. The molecule has 0 spiro atoms. The van der Waals surface area contributed by atoms with Gasteiger partial charge in [-0.05, 0) is 181 Å². The van der Waals surface area contributed by atoms with Crippen LogP contribution in [0.2, 0.25) is 0 Å². The van der Waals surface area contributed by atoms with E-state index in [1.165, 1.54) is 18.2 Å². The number of likely N-dealkylation sites (tertiary alicyclic amines) is 3. The Morgan fingerprint density at radius 3 is 0.748 bits per heavy atom. The number of carbonyl (C=O) groups excluding carboxylic acids is 6. The number of nitrogens with zero attached hydrogens (tertiary/aromatic N) is 9. The van der Waals surface area contributed by atoms with Gasteiger partial charge in [-0.15, -0.1) is 0 Å². The van der Waals surface area contributed by atoms with E-state index in [9.17, 15) is 15.8 Å². The minimum atomic E-state index is -6.07. The molecule has 0 radical (unpaired) electrons. The molecule has 0 saturated carbocycles. The molecule has 3 aromatic carbocycles. The first-order chi connectivity index (χ1) is 66.9. The molecule has 788 valence electrons. The van der Waals surface area contributed by atoms with Crippen molar-refractivity contribution in [1.29, 1.82) is 15.8 Å². The van der Waals surface area contributed by atoms with Crippen molar-refractivity contribution >= 4 is 43.3 Å². The zero-order valence-corrected chi connectivity index (χ0v) is 91.4. The van der Waals surface area contributed by atoms with E-state index in [-0.39, 0.29) is 54.7 Å². The average Bonchev–Trinajstić information content (AvgIpc) is 1.52. The molecule has 3 aliphatic heterocycles. The molecule has 34 nitrogen and oxygen atoms in total. The summed E-state index contributed by atoms with van der Waals surface area (Å²) in [5.74, 6) is -9.65. The zero-order chi connectivity index (χ0) is 107. The van der Waals surface area contributed by atoms with E-state index in [2.05, 4.69) is 49.6 Å². The summed E-state index contributed by atoms with van der Waals surface area (Å²) in [6.45, 7) is 63.0. The Balaban J connectivity index is 1.42. The maximum atomic E-state index is 19.9. The van der Waals surface area contributed by atoms with Crippen LogP contribution in [0.15, 0.2) is 105 Å². The summed E-state index contributed by atoms with van der Waals surface area (Å²) in [5.41, 5.74) is -10.9. The number of benzene rings is 3. The van der Waals surface area contributed by atoms with Crippen molar-refractivity contribution in [3.63, 3.8) is 0 Å². The fourth-order valence-electron chi connectivity index (χ4n) is 23.5. The van der Waals surface area contributed by atoms with Crippen molar-refractivity contribution in [1.82, 2.24) is 46.1 Å². The van der Waals surface area contributed by atoms with Gasteiger partial charge in [0, 0.05) is 77.1 Å². The van der Waals surface area contributed by atoms with Gasteiger partial charge in [-0.1, -0.05) is 203 Å². The number of amides is 6. The van der Waals surface area contributed by atoms with E-state index in [1.54, 1.807) is 108 Å². The van der Waals surface area contributed by atoms with Gasteiger partial charge in [0.05, 0.1) is 88.0 Å². The van der Waals surface area contributed by atoms with Crippen molar-refractivity contribution in [2.24, 2.45) is 50.2 Å². The molecule has 0 aliphatic carbocycles. The molecule has 6 amide bonds. The van der Waals surface area contributed by atoms with Crippen LogP contribution in [0.5, 0.6) is 17.6 Å². The first-order valence-corrected chi connectivity index (χ1v) is 51.9. The predicted molar refractivity (Wildman–Crippen MR) is 536 cm³/mol. The van der Waals surface area contributed by atoms with Crippen molar-refractivity contribution < 1.29 is 103 Å². The normalized spacial score (nSPS) is 19.7. The Bertz CT molecular complexity index is 4840. The first kappa shape index (κ1) is 116. The van der Waals surface area contributed by atoms with Gasteiger partial charge >= 0.3 is 7.82 Å². The van der Waals surface area contributed by atoms with Crippen LogP contribution >= 0.6 is 7.82 Å². The summed E-state index contributed by atoms with van der Waals surface area (Å²) >= 11 is 0. The van der Waals surface area contributed by atoms with Gasteiger partial charge in [-0.2, -0.15) is 15.8 Å². The number of carbonyl (C=O) groups is 6. The van der Waals surface area contributed by atoms with E-state index in [4.69, 9.17) is 69.8 Å². The Hall–Kier alpha value is -10.1. The molecule has 3 saturated heterocycles. The second-order valence-corrected chi connectivity index (χ2v) is 46.1. The second-order valence-electron chi connectivity index (χ2n) is 44.6. The molecule has 12 atom stereocenters. The van der Waals surface area contributed by atoms with Crippen LogP contribution in [0.25, 0.3) is 0 Å². The third-order valence-corrected chi connectivity index (χ3v) is 29.7. The SMILES string of the molecule is CCOC(COc1cc([C@H](C(=O)N2[C@H](C(=O)N[C@@H](C)c3ccc(C#N)cc3)C[C@@H](OP(=O)(O[C@@H]3C[C@@H](C(=O)N[C@@H](C)c4ccc(C#N)cc4)N(C(=O)[C@@H](c4cc(OCC(OCC)OCC)no4)C(C)C)C3(C(C)(C)C)C(C)(C)C)O[C@@H]3C[C@@H](C(=O)N[C@@H](C)c4ccc(C#N)cc4)N(C(=O)[C@@H](c4cc(OCC(OCC)OCC)no4)C(C)C)C3(C(C)(C)C)C(C)(C)C)C2(C(C)(C)C)C(C)(C)C)C(C)C)on1)OCC. The van der Waals surface area contributed by atoms with E-state index in [0.717, 1.165) is 0 Å². The molecule has 0 unspecified atom stereocenters. The highest BCUT2D eigenvalue weighted by molar-refractivity contribution is 7.48. The number of rotatable bonds is 45.